The van der Waals surface area contributed by atoms with Gasteiger partial charge < -0.3 is 9.84 Å². The van der Waals surface area contributed by atoms with E-state index in [0.717, 1.165) is 6.07 Å². The van der Waals surface area contributed by atoms with Gasteiger partial charge in [-0.25, -0.2) is 17.9 Å². The lowest BCUT2D eigenvalue weighted by atomic mass is 10.2. The summed E-state index contributed by atoms with van der Waals surface area (Å²) in [5.74, 6) is -1.07. The zero-order valence-corrected chi connectivity index (χ0v) is 11.7. The van der Waals surface area contributed by atoms with Crippen molar-refractivity contribution in [3.63, 3.8) is 0 Å². The average molecular weight is 297 g/mol. The standard InChI is InChI=1S/C13H15NO5S/c1-19-11-7-6-9(13(15)16)8-12(11)20(17,18)14-10-4-2-3-5-10/h2-3,6-8,10,14H,4-5H2,1H3,(H,15,16). The van der Waals surface area contributed by atoms with E-state index < -0.39 is 16.0 Å². The third-order valence-corrected chi connectivity index (χ3v) is 4.57. The number of carboxylic acids is 1. The molecule has 0 bridgehead atoms. The maximum Gasteiger partial charge on any atom is 0.335 e. The van der Waals surface area contributed by atoms with Crippen LogP contribution in [0.1, 0.15) is 23.2 Å². The van der Waals surface area contributed by atoms with Gasteiger partial charge >= 0.3 is 5.97 Å². The van der Waals surface area contributed by atoms with Crippen LogP contribution in [-0.4, -0.2) is 32.6 Å². The van der Waals surface area contributed by atoms with Gasteiger partial charge in [-0.3, -0.25) is 0 Å². The van der Waals surface area contributed by atoms with Crippen LogP contribution >= 0.6 is 0 Å². The Balaban J connectivity index is 2.37. The number of hydrogen-bond donors (Lipinski definition) is 2. The van der Waals surface area contributed by atoms with Crippen LogP contribution in [0.15, 0.2) is 35.2 Å². The van der Waals surface area contributed by atoms with Crippen molar-refractivity contribution in [1.82, 2.24) is 4.72 Å². The van der Waals surface area contributed by atoms with Crippen molar-refractivity contribution in [1.29, 1.82) is 0 Å². The molecule has 0 amide bonds. The number of sulfonamides is 1. The van der Waals surface area contributed by atoms with Gasteiger partial charge in [0.2, 0.25) is 10.0 Å². The Hall–Kier alpha value is -1.86. The maximum atomic E-state index is 12.3. The summed E-state index contributed by atoms with van der Waals surface area (Å²) in [5.41, 5.74) is -0.101. The highest BCUT2D eigenvalue weighted by molar-refractivity contribution is 7.89. The highest BCUT2D eigenvalue weighted by Crippen LogP contribution is 2.26. The van der Waals surface area contributed by atoms with E-state index in [4.69, 9.17) is 9.84 Å². The van der Waals surface area contributed by atoms with Gasteiger partial charge in [0, 0.05) is 6.04 Å². The minimum Gasteiger partial charge on any atom is -0.495 e. The average Bonchev–Trinajstić information content (AvgIpc) is 2.90. The predicted octanol–water partition coefficient (Wildman–Crippen LogP) is 1.39. The molecule has 0 unspecified atom stereocenters. The van der Waals surface area contributed by atoms with Crippen molar-refractivity contribution in [2.75, 3.05) is 7.11 Å². The first-order chi connectivity index (χ1) is 9.44. The van der Waals surface area contributed by atoms with E-state index in [1.54, 1.807) is 0 Å². The molecule has 0 saturated heterocycles. The minimum atomic E-state index is -3.82. The monoisotopic (exact) mass is 297 g/mol. The highest BCUT2D eigenvalue weighted by atomic mass is 32.2. The van der Waals surface area contributed by atoms with Crippen molar-refractivity contribution >= 4 is 16.0 Å². The van der Waals surface area contributed by atoms with Crippen LogP contribution in [0.25, 0.3) is 0 Å². The van der Waals surface area contributed by atoms with Crippen molar-refractivity contribution in [2.24, 2.45) is 0 Å². The van der Waals surface area contributed by atoms with Gasteiger partial charge in [0.15, 0.2) is 0 Å². The molecule has 2 rings (SSSR count). The largest absolute Gasteiger partial charge is 0.495 e. The number of carbonyl (C=O) groups is 1. The molecule has 0 radical (unpaired) electrons. The minimum absolute atomic E-state index is 0.101. The lowest BCUT2D eigenvalue weighted by Gasteiger charge is -2.15. The van der Waals surface area contributed by atoms with Crippen LogP contribution in [-0.2, 0) is 10.0 Å². The summed E-state index contributed by atoms with van der Waals surface area (Å²) >= 11 is 0. The molecular formula is C13H15NO5S. The van der Waals surface area contributed by atoms with Gasteiger partial charge in [-0.2, -0.15) is 0 Å². The Bertz CT molecular complexity index is 643. The fourth-order valence-corrected chi connectivity index (χ4v) is 3.47. The molecule has 20 heavy (non-hydrogen) atoms. The Labute approximate surface area is 117 Å². The Kier molecular flexibility index (Phi) is 4.10. The molecule has 0 saturated carbocycles. The zero-order chi connectivity index (χ0) is 14.8. The van der Waals surface area contributed by atoms with Crippen molar-refractivity contribution in [2.45, 2.75) is 23.8 Å². The first kappa shape index (κ1) is 14.5. The summed E-state index contributed by atoms with van der Waals surface area (Å²) in [6.07, 6.45) is 5.05. The third-order valence-electron chi connectivity index (χ3n) is 3.03. The first-order valence-electron chi connectivity index (χ1n) is 6.02. The molecule has 108 valence electrons. The number of methoxy groups -OCH3 is 1. The van der Waals surface area contributed by atoms with Crippen molar-refractivity contribution in [3.8, 4) is 5.75 Å². The van der Waals surface area contributed by atoms with Crippen LogP contribution in [0, 0.1) is 0 Å². The number of benzene rings is 1. The second kappa shape index (κ2) is 5.64. The first-order valence-corrected chi connectivity index (χ1v) is 7.51. The van der Waals surface area contributed by atoms with Gasteiger partial charge in [-0.1, -0.05) is 12.2 Å². The van der Waals surface area contributed by atoms with E-state index in [1.165, 1.54) is 19.2 Å². The molecule has 1 aliphatic carbocycles. The number of rotatable bonds is 5. The number of nitrogens with one attached hydrogen (secondary N) is 1. The second-order valence-electron chi connectivity index (χ2n) is 4.43. The molecule has 2 N–H and O–H groups in total. The Morgan fingerprint density at radius 1 is 1.35 bits per heavy atom. The van der Waals surface area contributed by atoms with Crippen LogP contribution in [0.3, 0.4) is 0 Å². The van der Waals surface area contributed by atoms with Gasteiger partial charge in [-0.15, -0.1) is 0 Å². The molecule has 0 heterocycles. The lowest BCUT2D eigenvalue weighted by molar-refractivity contribution is 0.0696. The summed E-state index contributed by atoms with van der Waals surface area (Å²) in [4.78, 5) is 10.8. The predicted molar refractivity (Wildman–Crippen MR) is 72.4 cm³/mol. The topological polar surface area (TPSA) is 92.7 Å². The van der Waals surface area contributed by atoms with Gasteiger partial charge in [0.05, 0.1) is 12.7 Å². The summed E-state index contributed by atoms with van der Waals surface area (Å²) < 4.78 is 32.2. The molecule has 0 aromatic heterocycles. The molecule has 0 aliphatic heterocycles. The molecule has 0 fully saturated rings. The quantitative estimate of drug-likeness (QED) is 0.801. The van der Waals surface area contributed by atoms with Crippen molar-refractivity contribution in [3.05, 3.63) is 35.9 Å². The van der Waals surface area contributed by atoms with E-state index in [-0.39, 0.29) is 22.3 Å². The number of ether oxygens (including phenoxy) is 1. The van der Waals surface area contributed by atoms with Crippen LogP contribution in [0.4, 0.5) is 0 Å². The summed E-state index contributed by atoms with van der Waals surface area (Å²) in [6, 6.07) is 3.55. The molecular weight excluding hydrogens is 282 g/mol. The Morgan fingerprint density at radius 3 is 2.55 bits per heavy atom. The van der Waals surface area contributed by atoms with E-state index >= 15 is 0 Å². The smallest absolute Gasteiger partial charge is 0.335 e. The highest BCUT2D eigenvalue weighted by Gasteiger charge is 2.25. The van der Waals surface area contributed by atoms with Crippen LogP contribution in [0.5, 0.6) is 5.75 Å². The van der Waals surface area contributed by atoms with Crippen molar-refractivity contribution < 1.29 is 23.1 Å². The normalized spacial score (nSPS) is 15.4. The van der Waals surface area contributed by atoms with Gasteiger partial charge in [0.25, 0.3) is 0 Å². The molecule has 0 atom stereocenters. The van der Waals surface area contributed by atoms with Crippen LogP contribution in [0.2, 0.25) is 0 Å². The Morgan fingerprint density at radius 2 is 2.00 bits per heavy atom. The number of aromatic carboxylic acids is 1. The van der Waals surface area contributed by atoms with E-state index in [2.05, 4.69) is 4.72 Å². The molecule has 0 spiro atoms. The molecule has 1 aromatic carbocycles. The number of hydrogen-bond acceptors (Lipinski definition) is 4. The zero-order valence-electron chi connectivity index (χ0n) is 10.9. The van der Waals surface area contributed by atoms with E-state index in [0.29, 0.717) is 12.8 Å². The van der Waals surface area contributed by atoms with E-state index in [9.17, 15) is 13.2 Å². The van der Waals surface area contributed by atoms with Crippen LogP contribution < -0.4 is 9.46 Å². The van der Waals surface area contributed by atoms with Gasteiger partial charge in [0.1, 0.15) is 10.6 Å². The molecule has 1 aromatic rings. The fraction of sp³-hybridized carbons (Fsp3) is 0.308. The maximum absolute atomic E-state index is 12.3. The summed E-state index contributed by atoms with van der Waals surface area (Å²) in [7, 11) is -2.48. The summed E-state index contributed by atoms with van der Waals surface area (Å²) in [6.45, 7) is 0. The van der Waals surface area contributed by atoms with E-state index in [1.807, 2.05) is 12.2 Å². The SMILES string of the molecule is COc1ccc(C(=O)O)cc1S(=O)(=O)NC1CC=CC1. The van der Waals surface area contributed by atoms with Gasteiger partial charge in [-0.05, 0) is 31.0 Å². The molecule has 6 nitrogen and oxygen atoms in total. The second-order valence-corrected chi connectivity index (χ2v) is 6.11. The molecule has 7 heteroatoms. The fourth-order valence-electron chi connectivity index (χ4n) is 2.02. The summed E-state index contributed by atoms with van der Waals surface area (Å²) in [5, 5.41) is 8.96. The number of carboxylic acid groups (broad SMARTS) is 1. The molecule has 1 aliphatic rings. The third kappa shape index (κ3) is 3.00. The lowest BCUT2D eigenvalue weighted by Crippen LogP contribution is -2.33.